The molecule has 23 valence electrons. The quantitative estimate of drug-likeness (QED) is 0.421. The van der Waals surface area contributed by atoms with Crippen LogP contribution >= 0.6 is 0 Å². The summed E-state index contributed by atoms with van der Waals surface area (Å²) in [5.74, 6) is 0. The molecule has 0 saturated carbocycles. The second-order valence-electron chi connectivity index (χ2n) is 0.390. The molecular weight excluding hydrogens is 55.0 g/mol. The van der Waals surface area contributed by atoms with Crippen LogP contribution in [0.2, 0.25) is 0 Å². The van der Waals surface area contributed by atoms with Gasteiger partial charge in [0.1, 0.15) is 6.67 Å². The van der Waals surface area contributed by atoms with Crippen molar-refractivity contribution < 1.29 is 4.39 Å². The maximum absolute atomic E-state index is 10.5. The van der Waals surface area contributed by atoms with Gasteiger partial charge in [-0.2, -0.15) is 0 Å². The van der Waals surface area contributed by atoms with Gasteiger partial charge in [0.25, 0.3) is 0 Å². The summed E-state index contributed by atoms with van der Waals surface area (Å²) in [5, 5.41) is 0. The Morgan fingerprint density at radius 2 is 2.25 bits per heavy atom. The number of alkyl halides is 1. The molecule has 1 heteroatoms. The molecule has 0 bridgehead atoms. The number of hydrogen-bond acceptors (Lipinski definition) is 0. The average Bonchev–Trinajstić information content (AvgIpc) is 1.37. The van der Waals surface area contributed by atoms with Gasteiger partial charge in [0.2, 0.25) is 0 Å². The van der Waals surface area contributed by atoms with Gasteiger partial charge in [0, 0.05) is 0 Å². The first-order valence-electron chi connectivity index (χ1n) is 1.01. The van der Waals surface area contributed by atoms with Crippen LogP contribution in [-0.2, 0) is 0 Å². The molecule has 0 aliphatic rings. The van der Waals surface area contributed by atoms with E-state index in [9.17, 15) is 4.39 Å². The Morgan fingerprint density at radius 3 is 2.25 bits per heavy atom. The molecule has 1 radical (unpaired) electrons. The van der Waals surface area contributed by atoms with E-state index in [0.29, 0.717) is 0 Å². The van der Waals surface area contributed by atoms with Crippen molar-refractivity contribution in [1.29, 1.82) is 0 Å². The first-order chi connectivity index (χ1) is 1.91. The molecule has 0 nitrogen and oxygen atoms in total. The van der Waals surface area contributed by atoms with Crippen molar-refractivity contribution in [2.45, 2.75) is 0 Å². The van der Waals surface area contributed by atoms with Crippen molar-refractivity contribution in [2.24, 2.45) is 0 Å². The summed E-state index contributed by atoms with van der Waals surface area (Å²) in [5.41, 5.74) is 0. The van der Waals surface area contributed by atoms with E-state index in [-0.39, 0.29) is 0 Å². The topological polar surface area (TPSA) is 0 Å². The summed E-state index contributed by atoms with van der Waals surface area (Å²) in [7, 11) is 0. The van der Waals surface area contributed by atoms with Crippen LogP contribution in [0.25, 0.3) is 0 Å². The first-order valence-corrected chi connectivity index (χ1v) is 1.01. The fraction of sp³-hybridized carbons (Fsp3) is 0.333. The molecule has 0 atom stereocenters. The first kappa shape index (κ1) is 3.67. The van der Waals surface area contributed by atoms with E-state index < -0.39 is 6.67 Å². The van der Waals surface area contributed by atoms with Crippen molar-refractivity contribution in [1.82, 2.24) is 0 Å². The predicted molar refractivity (Wildman–Crippen MR) is 14.8 cm³/mol. The van der Waals surface area contributed by atoms with Gasteiger partial charge in [-0.15, -0.1) is 0 Å². The van der Waals surface area contributed by atoms with Crippen molar-refractivity contribution in [3.8, 4) is 0 Å². The smallest absolute Gasteiger partial charge is 0.108 e. The molecule has 0 heterocycles. The number of allylic oxidation sites excluding steroid dienone is 1. The molecule has 0 unspecified atom stereocenters. The SMILES string of the molecule is [CH]=CCF. The van der Waals surface area contributed by atoms with Gasteiger partial charge in [-0.1, -0.05) is 12.7 Å². The van der Waals surface area contributed by atoms with Gasteiger partial charge >= 0.3 is 0 Å². The van der Waals surface area contributed by atoms with E-state index in [2.05, 4.69) is 6.58 Å². The van der Waals surface area contributed by atoms with Crippen LogP contribution < -0.4 is 0 Å². The van der Waals surface area contributed by atoms with Crippen LogP contribution in [0.1, 0.15) is 0 Å². The van der Waals surface area contributed by atoms with Crippen LogP contribution in [0.15, 0.2) is 6.08 Å². The molecule has 0 amide bonds. The minimum atomic E-state index is -0.528. The normalized spacial score (nSPS) is 6.25. The highest BCUT2D eigenvalue weighted by Crippen LogP contribution is 1.58. The summed E-state index contributed by atoms with van der Waals surface area (Å²) >= 11 is 0. The van der Waals surface area contributed by atoms with Crippen molar-refractivity contribution >= 4 is 0 Å². The van der Waals surface area contributed by atoms with Crippen LogP contribution in [0.3, 0.4) is 0 Å². The van der Waals surface area contributed by atoms with Crippen molar-refractivity contribution in [3.05, 3.63) is 12.7 Å². The third-order valence-electron chi connectivity index (χ3n) is 0.0891. The van der Waals surface area contributed by atoms with Gasteiger partial charge in [-0.25, -0.2) is 4.39 Å². The summed E-state index contributed by atoms with van der Waals surface area (Å²) < 4.78 is 10.5. The lowest BCUT2D eigenvalue weighted by Gasteiger charge is -1.54. The Morgan fingerprint density at radius 1 is 2.00 bits per heavy atom. The van der Waals surface area contributed by atoms with Crippen LogP contribution in [0.4, 0.5) is 4.39 Å². The Balaban J connectivity index is 2.30. The summed E-state index contributed by atoms with van der Waals surface area (Å²) in [6, 6.07) is 0. The largest absolute Gasteiger partial charge is 0.247 e. The van der Waals surface area contributed by atoms with Gasteiger partial charge in [0.05, 0.1) is 0 Å². The number of hydrogen-bond donors (Lipinski definition) is 0. The van der Waals surface area contributed by atoms with Crippen LogP contribution in [0.5, 0.6) is 0 Å². The molecule has 0 aromatic heterocycles. The summed E-state index contributed by atoms with van der Waals surface area (Å²) in [4.78, 5) is 0. The molecule has 0 saturated heterocycles. The van der Waals surface area contributed by atoms with Gasteiger partial charge in [-0.05, 0) is 0 Å². The molecule has 0 spiro atoms. The maximum atomic E-state index is 10.5. The lowest BCUT2D eigenvalue weighted by atomic mass is 10.7. The average molecular weight is 59.1 g/mol. The predicted octanol–water partition coefficient (Wildman–Crippen LogP) is 0.945. The van der Waals surface area contributed by atoms with Gasteiger partial charge < -0.3 is 0 Å². The molecule has 0 rings (SSSR count). The zero-order valence-corrected chi connectivity index (χ0v) is 2.24. The Kier molecular flexibility index (Phi) is 2.45. The lowest BCUT2D eigenvalue weighted by molar-refractivity contribution is 0.562. The number of halogens is 1. The Labute approximate surface area is 24.9 Å². The van der Waals surface area contributed by atoms with Gasteiger partial charge in [-0.3, -0.25) is 0 Å². The fourth-order valence-electron chi connectivity index (χ4n) is 0. The third kappa shape index (κ3) is 1.67. The molecule has 4 heavy (non-hydrogen) atoms. The fourth-order valence-corrected chi connectivity index (χ4v) is 0. The zero-order valence-electron chi connectivity index (χ0n) is 2.24. The van der Waals surface area contributed by atoms with Crippen LogP contribution in [0, 0.1) is 6.58 Å². The minimum absolute atomic E-state index is 0.528. The lowest BCUT2D eigenvalue weighted by Crippen LogP contribution is -1.48. The molecule has 0 aromatic carbocycles. The standard InChI is InChI=1S/C3H4F/c1-2-3-4/h1-2H,3H2. The maximum Gasteiger partial charge on any atom is 0.108 e. The van der Waals surface area contributed by atoms with E-state index in [0.717, 1.165) is 6.08 Å². The Hall–Kier alpha value is -0.330. The zero-order chi connectivity index (χ0) is 3.41. The molecule has 0 aliphatic heterocycles. The highest BCUT2D eigenvalue weighted by atomic mass is 19.1. The van der Waals surface area contributed by atoms with Gasteiger partial charge in [0.15, 0.2) is 0 Å². The van der Waals surface area contributed by atoms with E-state index >= 15 is 0 Å². The van der Waals surface area contributed by atoms with E-state index in [1.807, 2.05) is 0 Å². The van der Waals surface area contributed by atoms with E-state index in [4.69, 9.17) is 0 Å². The van der Waals surface area contributed by atoms with Crippen molar-refractivity contribution in [2.75, 3.05) is 6.67 Å². The molecule has 0 aliphatic carbocycles. The molecule has 0 aromatic rings. The van der Waals surface area contributed by atoms with Crippen molar-refractivity contribution in [3.63, 3.8) is 0 Å². The second-order valence-corrected chi connectivity index (χ2v) is 0.390. The monoisotopic (exact) mass is 59.0 g/mol. The van der Waals surface area contributed by atoms with E-state index in [1.54, 1.807) is 0 Å². The summed E-state index contributed by atoms with van der Waals surface area (Å²) in [6.45, 7) is 4.00. The number of rotatable bonds is 1. The highest BCUT2D eigenvalue weighted by molar-refractivity contribution is 4.56. The molecular formula is C3H4F. The minimum Gasteiger partial charge on any atom is -0.247 e. The highest BCUT2D eigenvalue weighted by Gasteiger charge is 1.50. The molecule has 0 N–H and O–H groups in total. The summed E-state index contributed by atoms with van der Waals surface area (Å²) in [6.07, 6.45) is 0.958. The second kappa shape index (κ2) is 2.67. The molecule has 0 fully saturated rings. The Bertz CT molecular complexity index is 17.2. The van der Waals surface area contributed by atoms with E-state index in [1.165, 1.54) is 0 Å². The third-order valence-corrected chi connectivity index (χ3v) is 0.0891. The van der Waals surface area contributed by atoms with Crippen LogP contribution in [-0.4, -0.2) is 6.67 Å².